The maximum Gasteiger partial charge on any atom is 0.127 e. The molecule has 1 aromatic heterocycles. The highest BCUT2D eigenvalue weighted by atomic mass is 32.2. The highest BCUT2D eigenvalue weighted by molar-refractivity contribution is 7.99. The van der Waals surface area contributed by atoms with Crippen molar-refractivity contribution in [3.63, 3.8) is 0 Å². The van der Waals surface area contributed by atoms with E-state index in [2.05, 4.69) is 39.8 Å². The van der Waals surface area contributed by atoms with Gasteiger partial charge < -0.3 is 4.52 Å². The Morgan fingerprint density at radius 1 is 1.38 bits per heavy atom. The molecule has 0 aromatic carbocycles. The first-order valence-electron chi connectivity index (χ1n) is 5.91. The van der Waals surface area contributed by atoms with Gasteiger partial charge in [0, 0.05) is 12.0 Å². The van der Waals surface area contributed by atoms with Crippen LogP contribution in [0.4, 0.5) is 0 Å². The van der Waals surface area contributed by atoms with Crippen LogP contribution in [-0.4, -0.2) is 16.7 Å². The van der Waals surface area contributed by atoms with Gasteiger partial charge in [-0.1, -0.05) is 39.8 Å². The van der Waals surface area contributed by atoms with Crippen molar-refractivity contribution in [1.82, 2.24) is 5.16 Å². The molecule has 0 saturated heterocycles. The van der Waals surface area contributed by atoms with Crippen LogP contribution in [0.3, 0.4) is 0 Å². The smallest absolute Gasteiger partial charge is 0.127 e. The van der Waals surface area contributed by atoms with Crippen molar-refractivity contribution in [2.24, 2.45) is 5.41 Å². The molecule has 0 fully saturated rings. The maximum absolute atomic E-state index is 5.05. The Bertz CT molecular complexity index is 312. The molecule has 0 spiro atoms. The molecule has 2 nitrogen and oxygen atoms in total. The molecule has 0 bridgehead atoms. The first-order valence-corrected chi connectivity index (χ1v) is 7.06. The second-order valence-corrected chi connectivity index (χ2v) is 6.84. The summed E-state index contributed by atoms with van der Waals surface area (Å²) < 4.78 is 5.05. The third-order valence-corrected chi connectivity index (χ3v) is 3.88. The van der Waals surface area contributed by atoms with E-state index in [-0.39, 0.29) is 0 Å². The molecule has 0 saturated carbocycles. The maximum atomic E-state index is 5.05. The number of hydrogen-bond acceptors (Lipinski definition) is 3. The zero-order chi connectivity index (χ0) is 12.2. The Balaban J connectivity index is 2.35. The lowest BCUT2D eigenvalue weighted by Gasteiger charge is -2.16. The fourth-order valence-corrected chi connectivity index (χ4v) is 2.57. The summed E-state index contributed by atoms with van der Waals surface area (Å²) in [6, 6.07) is 0. The van der Waals surface area contributed by atoms with Crippen molar-refractivity contribution in [2.45, 2.75) is 47.0 Å². The molecule has 1 rings (SSSR count). The quantitative estimate of drug-likeness (QED) is 0.725. The molecule has 0 aliphatic heterocycles. The van der Waals surface area contributed by atoms with Crippen LogP contribution in [0, 0.1) is 5.41 Å². The van der Waals surface area contributed by atoms with E-state index in [9.17, 15) is 0 Å². The lowest BCUT2D eigenvalue weighted by molar-refractivity contribution is 0.412. The van der Waals surface area contributed by atoms with Crippen LogP contribution >= 0.6 is 11.8 Å². The van der Waals surface area contributed by atoms with E-state index in [0.717, 1.165) is 17.9 Å². The molecule has 0 unspecified atom stereocenters. The summed E-state index contributed by atoms with van der Waals surface area (Å²) in [7, 11) is 0. The third-order valence-electron chi connectivity index (χ3n) is 2.32. The largest absolute Gasteiger partial charge is 0.364 e. The van der Waals surface area contributed by atoms with Gasteiger partial charge in [-0.25, -0.2) is 0 Å². The molecule has 0 radical (unpaired) electrons. The standard InChI is InChI=1S/C13H23NOS/c1-10(2)11-8-15-14-12(11)6-7-16-9-13(3,4)5/h8,10H,6-7,9H2,1-5H3. The normalized spacial score (nSPS) is 12.4. The lowest BCUT2D eigenvalue weighted by Crippen LogP contribution is -2.09. The van der Waals surface area contributed by atoms with Gasteiger partial charge in [-0.15, -0.1) is 0 Å². The fraction of sp³-hybridized carbons (Fsp3) is 0.769. The molecule has 3 heteroatoms. The van der Waals surface area contributed by atoms with Crippen molar-refractivity contribution < 1.29 is 4.52 Å². The van der Waals surface area contributed by atoms with Crippen LogP contribution in [0.2, 0.25) is 0 Å². The third kappa shape index (κ3) is 4.60. The summed E-state index contributed by atoms with van der Waals surface area (Å²) in [5.74, 6) is 2.83. The number of hydrogen-bond donors (Lipinski definition) is 0. The number of nitrogens with zero attached hydrogens (tertiary/aromatic N) is 1. The van der Waals surface area contributed by atoms with Crippen molar-refractivity contribution in [2.75, 3.05) is 11.5 Å². The molecule has 0 amide bonds. The molecule has 0 aliphatic carbocycles. The number of aromatic nitrogens is 1. The van der Waals surface area contributed by atoms with Crippen LogP contribution < -0.4 is 0 Å². The van der Waals surface area contributed by atoms with E-state index in [1.807, 2.05) is 11.8 Å². The molecule has 1 heterocycles. The van der Waals surface area contributed by atoms with Crippen LogP contribution in [0.1, 0.15) is 51.8 Å². The van der Waals surface area contributed by atoms with Crippen molar-refractivity contribution >= 4 is 11.8 Å². The van der Waals surface area contributed by atoms with Crippen molar-refractivity contribution in [3.05, 3.63) is 17.5 Å². The zero-order valence-corrected chi connectivity index (χ0v) is 11.9. The topological polar surface area (TPSA) is 26.0 Å². The Hall–Kier alpha value is -0.440. The molecular formula is C13H23NOS. The predicted octanol–water partition coefficient (Wildman–Crippen LogP) is 4.12. The van der Waals surface area contributed by atoms with Crippen LogP contribution in [0.5, 0.6) is 0 Å². The van der Waals surface area contributed by atoms with Gasteiger partial charge >= 0.3 is 0 Å². The second-order valence-electron chi connectivity index (χ2n) is 5.73. The predicted molar refractivity (Wildman–Crippen MR) is 71.1 cm³/mol. The Kier molecular flexibility index (Phi) is 4.90. The average molecular weight is 241 g/mol. The first kappa shape index (κ1) is 13.6. The van der Waals surface area contributed by atoms with Crippen molar-refractivity contribution in [3.8, 4) is 0 Å². The Morgan fingerprint density at radius 3 is 2.62 bits per heavy atom. The minimum absolute atomic E-state index is 0.412. The zero-order valence-electron chi connectivity index (χ0n) is 11.0. The minimum Gasteiger partial charge on any atom is -0.364 e. The van der Waals surface area contributed by atoms with E-state index >= 15 is 0 Å². The summed E-state index contributed by atoms with van der Waals surface area (Å²) in [6.07, 6.45) is 2.80. The van der Waals surface area contributed by atoms with Gasteiger partial charge in [0.2, 0.25) is 0 Å². The van der Waals surface area contributed by atoms with E-state index in [0.29, 0.717) is 11.3 Å². The van der Waals surface area contributed by atoms with Gasteiger partial charge in [0.05, 0.1) is 5.69 Å². The Labute approximate surface area is 103 Å². The minimum atomic E-state index is 0.412. The average Bonchev–Trinajstić information content (AvgIpc) is 2.58. The van der Waals surface area contributed by atoms with Crippen LogP contribution in [0.15, 0.2) is 10.8 Å². The van der Waals surface area contributed by atoms with Gasteiger partial charge in [0.25, 0.3) is 0 Å². The van der Waals surface area contributed by atoms with Crippen LogP contribution in [-0.2, 0) is 6.42 Å². The molecule has 92 valence electrons. The number of thioether (sulfide) groups is 1. The van der Waals surface area contributed by atoms with E-state index in [1.165, 1.54) is 11.3 Å². The molecule has 0 aliphatic rings. The van der Waals surface area contributed by atoms with Crippen molar-refractivity contribution in [1.29, 1.82) is 0 Å². The SMILES string of the molecule is CC(C)c1conc1CCSCC(C)(C)C. The summed E-state index contributed by atoms with van der Waals surface area (Å²) >= 11 is 2.00. The Morgan fingerprint density at radius 2 is 2.06 bits per heavy atom. The summed E-state index contributed by atoms with van der Waals surface area (Å²) in [4.78, 5) is 0. The first-order chi connectivity index (χ1) is 7.40. The molecule has 0 atom stereocenters. The molecule has 1 aromatic rings. The molecule has 16 heavy (non-hydrogen) atoms. The second kappa shape index (κ2) is 5.76. The lowest BCUT2D eigenvalue weighted by atomic mass is 10.0. The van der Waals surface area contributed by atoms with Crippen LogP contribution in [0.25, 0.3) is 0 Å². The fourth-order valence-electron chi connectivity index (χ4n) is 1.47. The summed E-state index contributed by atoms with van der Waals surface area (Å²) in [5, 5.41) is 4.08. The molecular weight excluding hydrogens is 218 g/mol. The monoisotopic (exact) mass is 241 g/mol. The van der Waals surface area contributed by atoms with E-state index < -0.39 is 0 Å². The highest BCUT2D eigenvalue weighted by Crippen LogP contribution is 2.23. The van der Waals surface area contributed by atoms with Gasteiger partial charge in [0.1, 0.15) is 6.26 Å². The summed E-state index contributed by atoms with van der Waals surface area (Å²) in [6.45, 7) is 11.2. The number of aryl methyl sites for hydroxylation is 1. The van der Waals surface area contributed by atoms with E-state index in [1.54, 1.807) is 6.26 Å². The van der Waals surface area contributed by atoms with Gasteiger partial charge in [-0.2, -0.15) is 11.8 Å². The van der Waals surface area contributed by atoms with Gasteiger partial charge in [0.15, 0.2) is 0 Å². The number of rotatable bonds is 5. The van der Waals surface area contributed by atoms with Gasteiger partial charge in [-0.05, 0) is 22.8 Å². The van der Waals surface area contributed by atoms with Gasteiger partial charge in [-0.3, -0.25) is 0 Å². The molecule has 0 N–H and O–H groups in total. The summed E-state index contributed by atoms with van der Waals surface area (Å²) in [5.41, 5.74) is 2.81. The van der Waals surface area contributed by atoms with E-state index in [4.69, 9.17) is 4.52 Å². The highest BCUT2D eigenvalue weighted by Gasteiger charge is 2.13.